The number of rotatable bonds is 13. The lowest BCUT2D eigenvalue weighted by molar-refractivity contribution is -0.137. The number of unbranched alkanes of at least 4 members (excludes halogenated alkanes) is 8. The lowest BCUT2D eigenvalue weighted by Crippen LogP contribution is -2.01. The van der Waals surface area contributed by atoms with Gasteiger partial charge in [-0.2, -0.15) is 0 Å². The number of hydrogen-bond acceptors (Lipinski definition) is 3. The van der Waals surface area contributed by atoms with Crippen LogP contribution in [0.15, 0.2) is 12.7 Å². The van der Waals surface area contributed by atoms with Gasteiger partial charge in [0.15, 0.2) is 0 Å². The molecule has 0 aliphatic rings. The van der Waals surface area contributed by atoms with Gasteiger partial charge in [0.1, 0.15) is 0 Å². The van der Waals surface area contributed by atoms with Crippen LogP contribution in [-0.4, -0.2) is 28.5 Å². The van der Waals surface area contributed by atoms with E-state index in [4.69, 9.17) is 14.5 Å². The summed E-state index contributed by atoms with van der Waals surface area (Å²) in [5.74, 6) is -0.361. The number of ether oxygens (including phenoxy) is 1. The summed E-state index contributed by atoms with van der Waals surface area (Å²) in [7, 11) is -3.79. The molecule has 0 rings (SSSR count). The normalized spacial score (nSPS) is 11.3. The van der Waals surface area contributed by atoms with E-state index in [1.807, 2.05) is 0 Å². The highest BCUT2D eigenvalue weighted by Gasteiger charge is 2.10. The van der Waals surface area contributed by atoms with Crippen molar-refractivity contribution in [3.8, 4) is 0 Å². The van der Waals surface area contributed by atoms with Crippen molar-refractivity contribution in [1.29, 1.82) is 0 Å². The van der Waals surface area contributed by atoms with Gasteiger partial charge in [0, 0.05) is 12.2 Å². The Bertz CT molecular complexity index is 311. The van der Waals surface area contributed by atoms with Crippen molar-refractivity contribution in [3.05, 3.63) is 12.7 Å². The van der Waals surface area contributed by atoms with E-state index < -0.39 is 7.60 Å². The molecule has 0 atom stereocenters. The van der Waals surface area contributed by atoms with Crippen molar-refractivity contribution in [2.45, 2.75) is 57.8 Å². The van der Waals surface area contributed by atoms with Crippen LogP contribution >= 0.6 is 7.60 Å². The maximum atomic E-state index is 10.7. The highest BCUT2D eigenvalue weighted by molar-refractivity contribution is 7.51. The van der Waals surface area contributed by atoms with Crippen LogP contribution < -0.4 is 0 Å². The minimum Gasteiger partial charge on any atom is -0.463 e. The Morgan fingerprint density at radius 3 is 1.85 bits per heavy atom. The van der Waals surface area contributed by atoms with Crippen LogP contribution in [0.5, 0.6) is 0 Å². The van der Waals surface area contributed by atoms with Crippen LogP contribution in [0.25, 0.3) is 0 Å². The zero-order valence-corrected chi connectivity index (χ0v) is 13.0. The van der Waals surface area contributed by atoms with Gasteiger partial charge in [-0.25, -0.2) is 4.79 Å². The first kappa shape index (κ1) is 19.4. The molecule has 0 bridgehead atoms. The molecule has 0 saturated carbocycles. The minimum absolute atomic E-state index is 0.0103. The third-order valence-corrected chi connectivity index (χ3v) is 3.90. The summed E-state index contributed by atoms with van der Waals surface area (Å²) in [6.07, 6.45) is 10.2. The van der Waals surface area contributed by atoms with Gasteiger partial charge in [0.05, 0.1) is 6.61 Å². The average molecular weight is 306 g/mol. The summed E-state index contributed by atoms with van der Waals surface area (Å²) in [4.78, 5) is 28.1. The van der Waals surface area contributed by atoms with E-state index in [2.05, 4.69) is 6.58 Å². The first-order chi connectivity index (χ1) is 9.45. The maximum absolute atomic E-state index is 10.7. The number of carbonyl (C=O) groups is 1. The summed E-state index contributed by atoms with van der Waals surface area (Å²) < 4.78 is 15.5. The smallest absolute Gasteiger partial charge is 0.330 e. The van der Waals surface area contributed by atoms with Gasteiger partial charge in [-0.1, -0.05) is 51.5 Å². The van der Waals surface area contributed by atoms with E-state index in [1.54, 1.807) is 0 Å². The van der Waals surface area contributed by atoms with Crippen molar-refractivity contribution in [2.24, 2.45) is 0 Å². The van der Waals surface area contributed by atoms with E-state index in [0.29, 0.717) is 13.0 Å². The molecule has 0 spiro atoms. The fraction of sp³-hybridized carbons (Fsp3) is 0.786. The maximum Gasteiger partial charge on any atom is 0.330 e. The number of hydrogen-bond donors (Lipinski definition) is 2. The first-order valence-electron chi connectivity index (χ1n) is 7.29. The fourth-order valence-electron chi connectivity index (χ4n) is 1.89. The van der Waals surface area contributed by atoms with Gasteiger partial charge in [-0.3, -0.25) is 4.57 Å². The molecule has 0 aromatic heterocycles. The second-order valence-corrected chi connectivity index (χ2v) is 6.72. The summed E-state index contributed by atoms with van der Waals surface area (Å²) in [5, 5.41) is 0. The largest absolute Gasteiger partial charge is 0.463 e. The fourth-order valence-corrected chi connectivity index (χ4v) is 2.52. The predicted molar refractivity (Wildman–Crippen MR) is 79.6 cm³/mol. The standard InChI is InChI=1S/C14H27O5P/c1-2-14(15)19-12-10-8-6-4-3-5-7-9-11-13-20(16,17)18/h2H,1,3-13H2,(H2,16,17,18). The molecule has 118 valence electrons. The molecule has 0 saturated heterocycles. The van der Waals surface area contributed by atoms with Gasteiger partial charge in [0.25, 0.3) is 0 Å². The molecule has 0 aromatic rings. The third-order valence-electron chi connectivity index (χ3n) is 3.00. The highest BCUT2D eigenvalue weighted by atomic mass is 31.2. The molecule has 0 fully saturated rings. The van der Waals surface area contributed by atoms with Gasteiger partial charge < -0.3 is 14.5 Å². The molecule has 0 aromatic carbocycles. The molecule has 0 amide bonds. The molecule has 0 aliphatic carbocycles. The summed E-state index contributed by atoms with van der Waals surface area (Å²) in [5.41, 5.74) is 0. The van der Waals surface area contributed by atoms with Gasteiger partial charge >= 0.3 is 13.6 Å². The van der Waals surface area contributed by atoms with Crippen LogP contribution in [0.3, 0.4) is 0 Å². The molecule has 0 radical (unpaired) electrons. The number of carbonyl (C=O) groups excluding carboxylic acids is 1. The van der Waals surface area contributed by atoms with Crippen molar-refractivity contribution >= 4 is 13.6 Å². The lowest BCUT2D eigenvalue weighted by atomic mass is 10.1. The Labute approximate surface area is 121 Å². The van der Waals surface area contributed by atoms with E-state index >= 15 is 0 Å². The Morgan fingerprint density at radius 2 is 1.40 bits per heavy atom. The lowest BCUT2D eigenvalue weighted by Gasteiger charge is -2.04. The van der Waals surface area contributed by atoms with E-state index in [0.717, 1.165) is 51.4 Å². The summed E-state index contributed by atoms with van der Waals surface area (Å²) in [6, 6.07) is 0. The molecule has 0 aliphatic heterocycles. The molecule has 20 heavy (non-hydrogen) atoms. The van der Waals surface area contributed by atoms with Crippen LogP contribution in [0.2, 0.25) is 0 Å². The second-order valence-electron chi connectivity index (χ2n) is 4.94. The van der Waals surface area contributed by atoms with Crippen LogP contribution in [0.1, 0.15) is 57.8 Å². The Balaban J connectivity index is 3.12. The van der Waals surface area contributed by atoms with Crippen molar-refractivity contribution < 1.29 is 23.9 Å². The Hall–Kier alpha value is -0.640. The quantitative estimate of drug-likeness (QED) is 0.236. The average Bonchev–Trinajstić information content (AvgIpc) is 2.38. The molecule has 5 nitrogen and oxygen atoms in total. The monoisotopic (exact) mass is 306 g/mol. The summed E-state index contributed by atoms with van der Waals surface area (Å²) in [6.45, 7) is 3.79. The molecule has 2 N–H and O–H groups in total. The zero-order chi connectivity index (χ0) is 15.3. The Morgan fingerprint density at radius 1 is 0.950 bits per heavy atom. The second kappa shape index (κ2) is 12.1. The van der Waals surface area contributed by atoms with Crippen LogP contribution in [-0.2, 0) is 14.1 Å². The molecule has 0 unspecified atom stereocenters. The molecular weight excluding hydrogens is 279 g/mol. The summed E-state index contributed by atoms with van der Waals surface area (Å²) >= 11 is 0. The van der Waals surface area contributed by atoms with E-state index in [1.165, 1.54) is 6.08 Å². The topological polar surface area (TPSA) is 83.8 Å². The van der Waals surface area contributed by atoms with Crippen LogP contribution in [0.4, 0.5) is 0 Å². The van der Waals surface area contributed by atoms with Crippen molar-refractivity contribution in [1.82, 2.24) is 0 Å². The minimum atomic E-state index is -3.79. The van der Waals surface area contributed by atoms with E-state index in [-0.39, 0.29) is 12.1 Å². The van der Waals surface area contributed by atoms with Gasteiger partial charge in [0.2, 0.25) is 0 Å². The van der Waals surface area contributed by atoms with Gasteiger partial charge in [-0.05, 0) is 12.8 Å². The SMILES string of the molecule is C=CC(=O)OCCCCCCCCCCCP(=O)(O)O. The molecule has 6 heteroatoms. The van der Waals surface area contributed by atoms with Crippen molar-refractivity contribution in [3.63, 3.8) is 0 Å². The first-order valence-corrected chi connectivity index (χ1v) is 9.09. The van der Waals surface area contributed by atoms with E-state index in [9.17, 15) is 9.36 Å². The van der Waals surface area contributed by atoms with Crippen LogP contribution in [0, 0.1) is 0 Å². The number of esters is 1. The van der Waals surface area contributed by atoms with Gasteiger partial charge in [-0.15, -0.1) is 0 Å². The predicted octanol–water partition coefficient (Wildman–Crippen LogP) is 3.40. The molecule has 0 heterocycles. The molecular formula is C14H27O5P. The highest BCUT2D eigenvalue weighted by Crippen LogP contribution is 2.35. The zero-order valence-electron chi connectivity index (χ0n) is 12.1. The van der Waals surface area contributed by atoms with Crippen molar-refractivity contribution in [2.75, 3.05) is 12.8 Å². The Kier molecular flexibility index (Phi) is 11.7. The third kappa shape index (κ3) is 15.4.